The van der Waals surface area contributed by atoms with E-state index in [0.29, 0.717) is 17.0 Å². The molecule has 0 radical (unpaired) electrons. The lowest BCUT2D eigenvalue weighted by Gasteiger charge is -2.18. The number of benzene rings is 1. The van der Waals surface area contributed by atoms with Gasteiger partial charge in [-0.3, -0.25) is 0 Å². The molecule has 0 bridgehead atoms. The highest BCUT2D eigenvalue weighted by atomic mass is 31.2. The number of nitrogens with zero attached hydrogens (tertiary/aromatic N) is 2. The highest BCUT2D eigenvalue weighted by Crippen LogP contribution is 2.53. The Bertz CT molecular complexity index is 691. The number of pyridine rings is 2. The molecule has 1 N–H and O–H groups in total. The molecule has 3 aromatic rings. The fourth-order valence-electron chi connectivity index (χ4n) is 2.38. The third kappa shape index (κ3) is 3.06. The van der Waals surface area contributed by atoms with Gasteiger partial charge in [-0.15, -0.1) is 0 Å². The summed E-state index contributed by atoms with van der Waals surface area (Å²) in [6.45, 7) is 2.06. The smallest absolute Gasteiger partial charge is 0.237 e. The molecule has 3 nitrogen and oxygen atoms in total. The molecule has 0 aliphatic heterocycles. The zero-order valence-corrected chi connectivity index (χ0v) is 13.3. The maximum Gasteiger partial charge on any atom is 0.249 e. The van der Waals surface area contributed by atoms with Gasteiger partial charge in [0.05, 0.1) is 0 Å². The van der Waals surface area contributed by atoms with Gasteiger partial charge in [0.2, 0.25) is 18.4 Å². The molecule has 0 saturated heterocycles. The van der Waals surface area contributed by atoms with Crippen molar-refractivity contribution in [2.45, 2.75) is 13.1 Å². The lowest BCUT2D eigenvalue weighted by atomic mass is 10.2. The van der Waals surface area contributed by atoms with Gasteiger partial charge in [-0.2, -0.15) is 0 Å². The summed E-state index contributed by atoms with van der Waals surface area (Å²) in [5.41, 5.74) is 3.74. The average Bonchev–Trinajstić information content (AvgIpc) is 2.58. The summed E-state index contributed by atoms with van der Waals surface area (Å²) in [6, 6.07) is 19.6. The standard InChI is InChI=1S/C18H18N2OP/c1-15-8-10-16(11-9-15)14-22(21,17-6-2-4-12-19-17)18-7-3-5-13-20-18/h2-13,21H,14H2,1H3/q+1. The number of hydrogen-bond acceptors (Lipinski definition) is 3. The highest BCUT2D eigenvalue weighted by molar-refractivity contribution is 7.83. The molecule has 3 rings (SSSR count). The van der Waals surface area contributed by atoms with Gasteiger partial charge in [0, 0.05) is 24.5 Å². The summed E-state index contributed by atoms with van der Waals surface area (Å²) in [5, 5.41) is 0. The molecule has 0 spiro atoms. The van der Waals surface area contributed by atoms with Crippen molar-refractivity contribution >= 4 is 18.4 Å². The second-order valence-electron chi connectivity index (χ2n) is 5.29. The molecular formula is C18H18N2OP+. The number of hydrogen-bond donors (Lipinski definition) is 1. The van der Waals surface area contributed by atoms with Gasteiger partial charge in [0.1, 0.15) is 6.16 Å². The fourth-order valence-corrected chi connectivity index (χ4v) is 4.86. The minimum Gasteiger partial charge on any atom is -0.237 e. The predicted octanol–water partition coefficient (Wildman–Crippen LogP) is 2.86. The lowest BCUT2D eigenvalue weighted by molar-refractivity contribution is 0.618. The Morgan fingerprint density at radius 1 is 0.818 bits per heavy atom. The van der Waals surface area contributed by atoms with Crippen LogP contribution in [0.15, 0.2) is 73.1 Å². The molecule has 0 unspecified atom stereocenters. The van der Waals surface area contributed by atoms with Crippen LogP contribution in [0.1, 0.15) is 11.1 Å². The minimum absolute atomic E-state index is 0.543. The van der Waals surface area contributed by atoms with E-state index in [0.717, 1.165) is 5.56 Å². The van der Waals surface area contributed by atoms with Crippen LogP contribution < -0.4 is 10.9 Å². The highest BCUT2D eigenvalue weighted by Gasteiger charge is 2.44. The van der Waals surface area contributed by atoms with Gasteiger partial charge in [-0.25, -0.2) is 14.9 Å². The molecule has 4 heteroatoms. The summed E-state index contributed by atoms with van der Waals surface area (Å²) < 4.78 is 0. The van der Waals surface area contributed by atoms with Gasteiger partial charge in [-0.05, 0) is 24.6 Å². The molecule has 0 saturated carbocycles. The van der Waals surface area contributed by atoms with Gasteiger partial charge in [0.15, 0.2) is 0 Å². The van der Waals surface area contributed by atoms with E-state index in [1.165, 1.54) is 5.56 Å². The summed E-state index contributed by atoms with van der Waals surface area (Å²) >= 11 is 0. The van der Waals surface area contributed by atoms with Crippen LogP contribution >= 0.6 is 7.49 Å². The van der Waals surface area contributed by atoms with Crippen LogP contribution in [0.2, 0.25) is 0 Å². The van der Waals surface area contributed by atoms with Gasteiger partial charge < -0.3 is 0 Å². The molecule has 0 fully saturated rings. The fraction of sp³-hybridized carbons (Fsp3) is 0.111. The third-order valence-electron chi connectivity index (χ3n) is 3.59. The van der Waals surface area contributed by atoms with Gasteiger partial charge in [0.25, 0.3) is 0 Å². The Morgan fingerprint density at radius 2 is 1.36 bits per heavy atom. The summed E-state index contributed by atoms with van der Waals surface area (Å²) in [5.74, 6) is 0. The monoisotopic (exact) mass is 309 g/mol. The quantitative estimate of drug-likeness (QED) is 0.754. The maximum atomic E-state index is 11.5. The molecule has 2 heterocycles. The zero-order chi connectivity index (χ0) is 15.4. The topological polar surface area (TPSA) is 46.0 Å². The van der Waals surface area contributed by atoms with E-state index < -0.39 is 7.49 Å². The summed E-state index contributed by atoms with van der Waals surface area (Å²) in [7, 11) is -2.63. The van der Waals surface area contributed by atoms with Crippen molar-refractivity contribution < 1.29 is 4.89 Å². The summed E-state index contributed by atoms with van der Waals surface area (Å²) in [6.07, 6.45) is 3.98. The van der Waals surface area contributed by atoms with E-state index in [1.807, 2.05) is 36.4 Å². The van der Waals surface area contributed by atoms with E-state index in [2.05, 4.69) is 41.2 Å². The first-order valence-corrected chi connectivity index (χ1v) is 9.11. The van der Waals surface area contributed by atoms with E-state index >= 15 is 0 Å². The van der Waals surface area contributed by atoms with Crippen molar-refractivity contribution in [3.8, 4) is 0 Å². The second-order valence-corrected chi connectivity index (χ2v) is 8.06. The van der Waals surface area contributed by atoms with Crippen LogP contribution in [0.3, 0.4) is 0 Å². The van der Waals surface area contributed by atoms with Crippen molar-refractivity contribution in [2.75, 3.05) is 0 Å². The maximum absolute atomic E-state index is 11.5. The van der Waals surface area contributed by atoms with E-state index in [4.69, 9.17) is 0 Å². The van der Waals surface area contributed by atoms with Crippen molar-refractivity contribution in [1.82, 2.24) is 9.97 Å². The van der Waals surface area contributed by atoms with Crippen LogP contribution in [0.5, 0.6) is 0 Å². The molecule has 22 heavy (non-hydrogen) atoms. The third-order valence-corrected chi connectivity index (χ3v) is 6.46. The Hall–Kier alpha value is -2.09. The van der Waals surface area contributed by atoms with Crippen molar-refractivity contribution in [2.24, 2.45) is 0 Å². The average molecular weight is 309 g/mol. The molecule has 0 atom stereocenters. The Morgan fingerprint density at radius 3 is 1.82 bits per heavy atom. The summed E-state index contributed by atoms with van der Waals surface area (Å²) in [4.78, 5) is 20.3. The Labute approximate surface area is 131 Å². The Balaban J connectivity index is 2.05. The van der Waals surface area contributed by atoms with Gasteiger partial charge in [-0.1, -0.05) is 42.0 Å². The molecular weight excluding hydrogens is 291 g/mol. The van der Waals surface area contributed by atoms with E-state index in [1.54, 1.807) is 12.4 Å². The minimum atomic E-state index is -2.63. The van der Waals surface area contributed by atoms with Crippen LogP contribution in [0.4, 0.5) is 0 Å². The molecule has 0 aliphatic rings. The Kier molecular flexibility index (Phi) is 4.28. The molecule has 0 amide bonds. The number of aryl methyl sites for hydroxylation is 1. The van der Waals surface area contributed by atoms with E-state index in [9.17, 15) is 4.89 Å². The van der Waals surface area contributed by atoms with Crippen LogP contribution in [0.25, 0.3) is 0 Å². The predicted molar refractivity (Wildman–Crippen MR) is 91.8 cm³/mol. The van der Waals surface area contributed by atoms with Crippen molar-refractivity contribution in [3.63, 3.8) is 0 Å². The molecule has 0 aliphatic carbocycles. The first kappa shape index (κ1) is 14.8. The van der Waals surface area contributed by atoms with Crippen molar-refractivity contribution in [3.05, 3.63) is 84.2 Å². The molecule has 1 aromatic carbocycles. The first-order valence-electron chi connectivity index (χ1n) is 7.18. The van der Waals surface area contributed by atoms with Crippen molar-refractivity contribution in [1.29, 1.82) is 0 Å². The van der Waals surface area contributed by atoms with Crippen LogP contribution in [-0.4, -0.2) is 14.9 Å². The second kappa shape index (κ2) is 6.35. The normalized spacial score (nSPS) is 11.4. The van der Waals surface area contributed by atoms with E-state index in [-0.39, 0.29) is 0 Å². The van der Waals surface area contributed by atoms with Gasteiger partial charge >= 0.3 is 0 Å². The zero-order valence-electron chi connectivity index (χ0n) is 12.4. The number of rotatable bonds is 4. The van der Waals surface area contributed by atoms with Crippen LogP contribution in [-0.2, 0) is 6.16 Å². The molecule has 110 valence electrons. The lowest BCUT2D eigenvalue weighted by Crippen LogP contribution is -2.27. The number of aromatic nitrogens is 2. The van der Waals surface area contributed by atoms with Crippen LogP contribution in [0, 0.1) is 6.92 Å². The first-order chi connectivity index (χ1) is 10.7. The largest absolute Gasteiger partial charge is 0.249 e. The SMILES string of the molecule is Cc1ccc(C[P+](O)(c2ccccn2)c2ccccn2)cc1. The molecule has 2 aromatic heterocycles.